The summed E-state index contributed by atoms with van der Waals surface area (Å²) in [5.41, 5.74) is 0. The molecule has 0 aromatic rings. The molecule has 0 aromatic heterocycles. The number of hydrogen-bond acceptors (Lipinski definition) is 3. The molecule has 0 atom stereocenters. The van der Waals surface area contributed by atoms with Crippen LogP contribution < -0.4 is 18.9 Å². The zero-order chi connectivity index (χ0) is 11.7. The molecule has 0 amide bonds. The van der Waals surface area contributed by atoms with Crippen molar-refractivity contribution in [1.82, 2.24) is 0 Å². The molecule has 0 rings (SSSR count). The van der Waals surface area contributed by atoms with Crippen molar-refractivity contribution in [3.8, 4) is 0 Å². The molecule has 0 aromatic carbocycles. The van der Waals surface area contributed by atoms with Crippen LogP contribution in [-0.2, 0) is 10.1 Å². The fourth-order valence-corrected chi connectivity index (χ4v) is 1.84. The second-order valence-electron chi connectivity index (χ2n) is 3.56. The molecule has 0 N–H and O–H groups in total. The van der Waals surface area contributed by atoms with Crippen molar-refractivity contribution in [3.63, 3.8) is 0 Å². The van der Waals surface area contributed by atoms with Crippen LogP contribution in [0.15, 0.2) is 0 Å². The second kappa shape index (κ2) is 10.5. The minimum atomic E-state index is -4.08. The Hall–Kier alpha value is 0.367. The summed E-state index contributed by atoms with van der Waals surface area (Å²) in [5, 5.41) is 0. The second-order valence-corrected chi connectivity index (χ2v) is 5.09. The molecule has 0 saturated carbocycles. The van der Waals surface area contributed by atoms with E-state index >= 15 is 0 Å². The van der Waals surface area contributed by atoms with E-state index < -0.39 is 16.5 Å². The maximum absolute atomic E-state index is 11.7. The van der Waals surface area contributed by atoms with Crippen LogP contribution in [0.5, 0.6) is 0 Å². The standard InChI is InChI=1S/C9H18F2O3S.Li/c10-9(11)7-5-3-1-2-4-6-8-15(12,13)14;/h9H,1-8H2,(H,12,13,14);/q;+1/p-1. The van der Waals surface area contributed by atoms with Gasteiger partial charge in [-0.05, 0) is 12.8 Å². The van der Waals surface area contributed by atoms with E-state index in [1.807, 2.05) is 0 Å². The van der Waals surface area contributed by atoms with Crippen LogP contribution >= 0.6 is 0 Å². The average molecular weight is 250 g/mol. The Morgan fingerprint density at radius 3 is 1.81 bits per heavy atom. The minimum absolute atomic E-state index is 0. The quantitative estimate of drug-likeness (QED) is 0.316. The summed E-state index contributed by atoms with van der Waals surface area (Å²) in [6, 6.07) is 0. The van der Waals surface area contributed by atoms with E-state index in [0.29, 0.717) is 19.3 Å². The Morgan fingerprint density at radius 1 is 0.938 bits per heavy atom. The third-order valence-electron chi connectivity index (χ3n) is 2.07. The molecule has 0 aliphatic heterocycles. The summed E-state index contributed by atoms with van der Waals surface area (Å²) in [5.74, 6) is -0.315. The van der Waals surface area contributed by atoms with Crippen LogP contribution in [0.4, 0.5) is 8.78 Å². The largest absolute Gasteiger partial charge is 1.00 e. The molecule has 92 valence electrons. The number of alkyl halides is 2. The van der Waals surface area contributed by atoms with E-state index in [9.17, 15) is 21.8 Å². The smallest absolute Gasteiger partial charge is 0.748 e. The van der Waals surface area contributed by atoms with Crippen molar-refractivity contribution in [2.75, 3.05) is 5.75 Å². The number of hydrogen-bond donors (Lipinski definition) is 0. The Bertz CT molecular complexity index is 245. The van der Waals surface area contributed by atoms with Crippen LogP contribution in [0.2, 0.25) is 0 Å². The van der Waals surface area contributed by atoms with Crippen molar-refractivity contribution < 1.29 is 40.6 Å². The summed E-state index contributed by atoms with van der Waals surface area (Å²) in [6.07, 6.45) is 1.65. The molecule has 16 heavy (non-hydrogen) atoms. The Kier molecular flexibility index (Phi) is 12.3. The average Bonchev–Trinajstić information content (AvgIpc) is 2.07. The molecule has 0 aliphatic rings. The first-order valence-corrected chi connectivity index (χ1v) is 6.71. The van der Waals surface area contributed by atoms with Gasteiger partial charge in [0.25, 0.3) is 0 Å². The first kappa shape index (κ1) is 18.7. The van der Waals surface area contributed by atoms with Gasteiger partial charge in [0.2, 0.25) is 6.43 Å². The molecule has 7 heteroatoms. The van der Waals surface area contributed by atoms with E-state index in [1.54, 1.807) is 0 Å². The number of unbranched alkanes of at least 4 members (excludes halogenated alkanes) is 5. The Morgan fingerprint density at radius 2 is 1.38 bits per heavy atom. The molecule has 0 bridgehead atoms. The monoisotopic (exact) mass is 250 g/mol. The zero-order valence-corrected chi connectivity index (χ0v) is 10.4. The van der Waals surface area contributed by atoms with E-state index in [4.69, 9.17) is 0 Å². The summed E-state index contributed by atoms with van der Waals surface area (Å²) >= 11 is 0. The molecule has 0 heterocycles. The van der Waals surface area contributed by atoms with E-state index in [2.05, 4.69) is 0 Å². The Labute approximate surface area is 108 Å². The van der Waals surface area contributed by atoms with Gasteiger partial charge in [0.05, 0.1) is 10.1 Å². The van der Waals surface area contributed by atoms with Gasteiger partial charge in [0, 0.05) is 12.2 Å². The molecule has 0 unspecified atom stereocenters. The van der Waals surface area contributed by atoms with E-state index in [0.717, 1.165) is 19.3 Å². The maximum Gasteiger partial charge on any atom is 1.00 e. The van der Waals surface area contributed by atoms with Gasteiger partial charge in [-0.3, -0.25) is 0 Å². The molecule has 0 radical (unpaired) electrons. The molecule has 0 saturated heterocycles. The first-order chi connectivity index (χ1) is 6.92. The summed E-state index contributed by atoms with van der Waals surface area (Å²) in [6.45, 7) is 0. The minimum Gasteiger partial charge on any atom is -0.748 e. The predicted molar refractivity (Wildman–Crippen MR) is 52.9 cm³/mol. The first-order valence-electron chi connectivity index (χ1n) is 5.13. The van der Waals surface area contributed by atoms with E-state index in [-0.39, 0.29) is 31.0 Å². The van der Waals surface area contributed by atoms with Gasteiger partial charge in [-0.2, -0.15) is 0 Å². The third kappa shape index (κ3) is 16.8. The molecule has 0 fully saturated rings. The summed E-state index contributed by atoms with van der Waals surface area (Å²) in [7, 11) is -4.08. The fraction of sp³-hybridized carbons (Fsp3) is 1.00. The van der Waals surface area contributed by atoms with Gasteiger partial charge in [0.15, 0.2) is 0 Å². The Balaban J connectivity index is 0. The predicted octanol–water partition coefficient (Wildman–Crippen LogP) is -0.469. The van der Waals surface area contributed by atoms with Crippen LogP contribution in [-0.4, -0.2) is 25.1 Å². The van der Waals surface area contributed by atoms with Crippen molar-refractivity contribution in [1.29, 1.82) is 0 Å². The van der Waals surface area contributed by atoms with Crippen molar-refractivity contribution >= 4 is 10.1 Å². The molecule has 0 aliphatic carbocycles. The molecule has 3 nitrogen and oxygen atoms in total. The zero-order valence-electron chi connectivity index (χ0n) is 9.62. The summed E-state index contributed by atoms with van der Waals surface area (Å²) in [4.78, 5) is 0. The van der Waals surface area contributed by atoms with Crippen molar-refractivity contribution in [2.45, 2.75) is 51.4 Å². The normalized spacial score (nSPS) is 11.5. The van der Waals surface area contributed by atoms with Gasteiger partial charge in [-0.15, -0.1) is 0 Å². The van der Waals surface area contributed by atoms with Crippen molar-refractivity contribution in [2.24, 2.45) is 0 Å². The van der Waals surface area contributed by atoms with E-state index in [1.165, 1.54) is 0 Å². The van der Waals surface area contributed by atoms with Crippen molar-refractivity contribution in [3.05, 3.63) is 0 Å². The SMILES string of the molecule is O=S(=O)([O-])CCCCCCCCC(F)F.[Li+]. The van der Waals surface area contributed by atoms with Gasteiger partial charge in [-0.1, -0.05) is 25.7 Å². The number of rotatable bonds is 9. The fourth-order valence-electron chi connectivity index (χ4n) is 1.28. The van der Waals surface area contributed by atoms with Crippen LogP contribution in [0.3, 0.4) is 0 Å². The molecule has 0 spiro atoms. The van der Waals surface area contributed by atoms with Gasteiger partial charge in [-0.25, -0.2) is 17.2 Å². The van der Waals surface area contributed by atoms with Crippen LogP contribution in [0.25, 0.3) is 0 Å². The van der Waals surface area contributed by atoms with Gasteiger partial charge >= 0.3 is 18.9 Å². The van der Waals surface area contributed by atoms with Gasteiger partial charge < -0.3 is 4.55 Å². The molecular weight excluding hydrogens is 233 g/mol. The number of halogens is 2. The van der Waals surface area contributed by atoms with Crippen LogP contribution in [0, 0.1) is 0 Å². The summed E-state index contributed by atoms with van der Waals surface area (Å²) < 4.78 is 54.0. The third-order valence-corrected chi connectivity index (χ3v) is 2.86. The molecular formula is C9H17F2LiO3S. The van der Waals surface area contributed by atoms with Gasteiger partial charge in [0.1, 0.15) is 0 Å². The van der Waals surface area contributed by atoms with Crippen LogP contribution in [0.1, 0.15) is 44.9 Å². The maximum atomic E-state index is 11.7. The topological polar surface area (TPSA) is 57.2 Å².